The molecule has 0 amide bonds. The summed E-state index contributed by atoms with van der Waals surface area (Å²) in [6.07, 6.45) is 4.04. The second-order valence-corrected chi connectivity index (χ2v) is 4.98. The summed E-state index contributed by atoms with van der Waals surface area (Å²) in [5.74, 6) is 0.915. The highest BCUT2D eigenvalue weighted by Gasteiger charge is 2.20. The van der Waals surface area contributed by atoms with Crippen molar-refractivity contribution in [1.82, 2.24) is 5.32 Å². The van der Waals surface area contributed by atoms with Gasteiger partial charge in [-0.15, -0.1) is 0 Å². The lowest BCUT2D eigenvalue weighted by Gasteiger charge is -2.27. The van der Waals surface area contributed by atoms with Crippen LogP contribution in [0.1, 0.15) is 43.4 Å². The molecular formula is C15H23NO2. The fraction of sp³-hybridized carbons (Fsp3) is 0.600. The summed E-state index contributed by atoms with van der Waals surface area (Å²) in [6.45, 7) is 2.67. The van der Waals surface area contributed by atoms with E-state index in [4.69, 9.17) is 4.74 Å². The van der Waals surface area contributed by atoms with Gasteiger partial charge in [0.2, 0.25) is 0 Å². The van der Waals surface area contributed by atoms with Crippen LogP contribution in [-0.4, -0.2) is 24.9 Å². The number of aliphatic hydroxyl groups excluding tert-OH is 1. The molecule has 0 spiro atoms. The van der Waals surface area contributed by atoms with Crippen LogP contribution >= 0.6 is 0 Å². The summed E-state index contributed by atoms with van der Waals surface area (Å²) in [7, 11) is 1.70. The van der Waals surface area contributed by atoms with Gasteiger partial charge in [0.15, 0.2) is 0 Å². The summed E-state index contributed by atoms with van der Waals surface area (Å²) in [5, 5.41) is 13.1. The third-order valence-electron chi connectivity index (χ3n) is 3.74. The van der Waals surface area contributed by atoms with Crippen LogP contribution in [-0.2, 0) is 6.42 Å². The highest BCUT2D eigenvalue weighted by molar-refractivity contribution is 5.39. The first-order valence-electron chi connectivity index (χ1n) is 6.82. The van der Waals surface area contributed by atoms with Crippen LogP contribution in [0.2, 0.25) is 0 Å². The Bertz CT molecular complexity index is 392. The highest BCUT2D eigenvalue weighted by atomic mass is 16.5. The maximum absolute atomic E-state index is 9.65. The zero-order valence-electron chi connectivity index (χ0n) is 11.3. The molecule has 18 heavy (non-hydrogen) atoms. The molecule has 3 heteroatoms. The van der Waals surface area contributed by atoms with E-state index in [1.54, 1.807) is 7.11 Å². The minimum atomic E-state index is -0.249. The number of benzene rings is 1. The Balaban J connectivity index is 2.10. The molecule has 0 aliphatic heterocycles. The summed E-state index contributed by atoms with van der Waals surface area (Å²) < 4.78 is 5.30. The van der Waals surface area contributed by atoms with E-state index in [0.29, 0.717) is 12.6 Å². The maximum atomic E-state index is 9.65. The van der Waals surface area contributed by atoms with E-state index in [0.717, 1.165) is 25.0 Å². The molecule has 1 aromatic carbocycles. The van der Waals surface area contributed by atoms with Gasteiger partial charge in [-0.1, -0.05) is 13.0 Å². The molecule has 2 atom stereocenters. The largest absolute Gasteiger partial charge is 0.497 e. The number of aryl methyl sites for hydroxylation is 1. The van der Waals surface area contributed by atoms with Crippen LogP contribution in [0, 0.1) is 0 Å². The van der Waals surface area contributed by atoms with Crippen molar-refractivity contribution in [3.05, 3.63) is 29.3 Å². The molecule has 0 saturated heterocycles. The molecule has 0 heterocycles. The van der Waals surface area contributed by atoms with Gasteiger partial charge < -0.3 is 15.2 Å². The Morgan fingerprint density at radius 3 is 3.06 bits per heavy atom. The third kappa shape index (κ3) is 3.03. The molecule has 2 rings (SSSR count). The van der Waals surface area contributed by atoms with Crippen LogP contribution < -0.4 is 10.1 Å². The molecule has 2 unspecified atom stereocenters. The normalized spacial score (nSPS) is 20.3. The Morgan fingerprint density at radius 2 is 2.33 bits per heavy atom. The highest BCUT2D eigenvalue weighted by Crippen LogP contribution is 2.32. The van der Waals surface area contributed by atoms with Crippen molar-refractivity contribution in [2.24, 2.45) is 0 Å². The number of methoxy groups -OCH3 is 1. The zero-order valence-corrected chi connectivity index (χ0v) is 11.3. The minimum Gasteiger partial charge on any atom is -0.497 e. The van der Waals surface area contributed by atoms with Gasteiger partial charge in [-0.2, -0.15) is 0 Å². The first-order chi connectivity index (χ1) is 8.74. The maximum Gasteiger partial charge on any atom is 0.119 e. The summed E-state index contributed by atoms with van der Waals surface area (Å²) in [6, 6.07) is 6.68. The van der Waals surface area contributed by atoms with Gasteiger partial charge in [0.1, 0.15) is 5.75 Å². The van der Waals surface area contributed by atoms with Gasteiger partial charge in [-0.3, -0.25) is 0 Å². The average molecular weight is 249 g/mol. The molecule has 1 aliphatic carbocycles. The van der Waals surface area contributed by atoms with E-state index < -0.39 is 0 Å². The van der Waals surface area contributed by atoms with Crippen molar-refractivity contribution >= 4 is 0 Å². The van der Waals surface area contributed by atoms with Crippen molar-refractivity contribution in [2.75, 3.05) is 13.7 Å². The van der Waals surface area contributed by atoms with Crippen LogP contribution in [0.5, 0.6) is 5.75 Å². The number of ether oxygens (including phenoxy) is 1. The van der Waals surface area contributed by atoms with Crippen LogP contribution in [0.15, 0.2) is 18.2 Å². The first kappa shape index (κ1) is 13.4. The van der Waals surface area contributed by atoms with Crippen LogP contribution in [0.4, 0.5) is 0 Å². The van der Waals surface area contributed by atoms with E-state index in [1.165, 1.54) is 17.5 Å². The van der Waals surface area contributed by atoms with Gasteiger partial charge in [0, 0.05) is 12.6 Å². The molecule has 0 aromatic heterocycles. The van der Waals surface area contributed by atoms with E-state index in [9.17, 15) is 5.11 Å². The van der Waals surface area contributed by atoms with E-state index in [2.05, 4.69) is 17.4 Å². The number of hydrogen-bond acceptors (Lipinski definition) is 3. The number of nitrogens with one attached hydrogen (secondary N) is 1. The molecule has 0 bridgehead atoms. The van der Waals surface area contributed by atoms with Crippen molar-refractivity contribution in [3.8, 4) is 5.75 Å². The number of fused-ring (bicyclic) bond motifs is 1. The Labute approximate surface area is 109 Å². The SMILES string of the molecule is CCC(O)CNC1CCCc2ccc(OC)cc21. The molecule has 100 valence electrons. The van der Waals surface area contributed by atoms with Crippen molar-refractivity contribution in [3.63, 3.8) is 0 Å². The van der Waals surface area contributed by atoms with Gasteiger partial charge in [0.25, 0.3) is 0 Å². The minimum absolute atomic E-state index is 0.249. The average Bonchev–Trinajstić information content (AvgIpc) is 2.43. The molecule has 2 N–H and O–H groups in total. The molecule has 3 nitrogen and oxygen atoms in total. The fourth-order valence-electron chi connectivity index (χ4n) is 2.54. The smallest absolute Gasteiger partial charge is 0.119 e. The van der Waals surface area contributed by atoms with Crippen LogP contribution in [0.25, 0.3) is 0 Å². The van der Waals surface area contributed by atoms with Gasteiger partial charge in [-0.25, -0.2) is 0 Å². The summed E-state index contributed by atoms with van der Waals surface area (Å²) in [5.41, 5.74) is 2.74. The Morgan fingerprint density at radius 1 is 1.50 bits per heavy atom. The molecule has 1 aliphatic rings. The van der Waals surface area contributed by atoms with Crippen molar-refractivity contribution < 1.29 is 9.84 Å². The van der Waals surface area contributed by atoms with E-state index in [1.807, 2.05) is 13.0 Å². The summed E-state index contributed by atoms with van der Waals surface area (Å²) >= 11 is 0. The Kier molecular flexibility index (Phi) is 4.61. The fourth-order valence-corrected chi connectivity index (χ4v) is 2.54. The first-order valence-corrected chi connectivity index (χ1v) is 6.82. The number of rotatable bonds is 5. The zero-order chi connectivity index (χ0) is 13.0. The van der Waals surface area contributed by atoms with Crippen molar-refractivity contribution in [1.29, 1.82) is 0 Å². The second kappa shape index (κ2) is 6.21. The quantitative estimate of drug-likeness (QED) is 0.842. The predicted molar refractivity (Wildman–Crippen MR) is 73.0 cm³/mol. The van der Waals surface area contributed by atoms with E-state index >= 15 is 0 Å². The van der Waals surface area contributed by atoms with E-state index in [-0.39, 0.29) is 6.10 Å². The molecule has 0 fully saturated rings. The molecule has 0 radical (unpaired) electrons. The number of aliphatic hydroxyl groups is 1. The lowest BCUT2D eigenvalue weighted by atomic mass is 9.87. The monoisotopic (exact) mass is 249 g/mol. The Hall–Kier alpha value is -1.06. The van der Waals surface area contributed by atoms with Gasteiger partial charge in [-0.05, 0) is 48.9 Å². The summed E-state index contributed by atoms with van der Waals surface area (Å²) in [4.78, 5) is 0. The van der Waals surface area contributed by atoms with Gasteiger partial charge >= 0.3 is 0 Å². The predicted octanol–water partition coefficient (Wildman–Crippen LogP) is 2.43. The topological polar surface area (TPSA) is 41.5 Å². The third-order valence-corrected chi connectivity index (χ3v) is 3.74. The second-order valence-electron chi connectivity index (χ2n) is 4.98. The van der Waals surface area contributed by atoms with Crippen molar-refractivity contribution in [2.45, 2.75) is 44.8 Å². The van der Waals surface area contributed by atoms with Crippen LogP contribution in [0.3, 0.4) is 0 Å². The standard InChI is InChI=1S/C15H23NO2/c1-3-12(17)10-16-15-6-4-5-11-7-8-13(18-2)9-14(11)15/h7-9,12,15-17H,3-6,10H2,1-2H3. The molecular weight excluding hydrogens is 226 g/mol. The lowest BCUT2D eigenvalue weighted by Crippen LogP contribution is -2.32. The lowest BCUT2D eigenvalue weighted by molar-refractivity contribution is 0.161. The number of hydrogen-bond donors (Lipinski definition) is 2. The van der Waals surface area contributed by atoms with Gasteiger partial charge in [0.05, 0.1) is 13.2 Å². The molecule has 0 saturated carbocycles. The molecule has 1 aromatic rings.